The van der Waals surface area contributed by atoms with Crippen molar-refractivity contribution in [1.29, 1.82) is 0 Å². The van der Waals surface area contributed by atoms with Crippen molar-refractivity contribution >= 4 is 46.4 Å². The van der Waals surface area contributed by atoms with Gasteiger partial charge >= 0.3 is 0 Å². The zero-order valence-corrected chi connectivity index (χ0v) is 19.5. The number of ether oxygens (including phenoxy) is 3. The van der Waals surface area contributed by atoms with Gasteiger partial charge in [-0.15, -0.1) is 6.42 Å². The Hall–Kier alpha value is -3.67. The molecule has 0 aliphatic carbocycles. The number of rotatable bonds is 8. The van der Waals surface area contributed by atoms with Crippen molar-refractivity contribution in [3.05, 3.63) is 57.8 Å². The van der Waals surface area contributed by atoms with Gasteiger partial charge in [0.05, 0.1) is 48.0 Å². The molecule has 1 heterocycles. The Kier molecular flexibility index (Phi) is 7.83. The number of benzene rings is 2. The number of halogens is 2. The molecule has 2 aromatic carbocycles. The fourth-order valence-corrected chi connectivity index (χ4v) is 3.49. The third-order valence-electron chi connectivity index (χ3n) is 4.56. The average molecular weight is 487 g/mol. The van der Waals surface area contributed by atoms with Crippen LogP contribution in [0.15, 0.2) is 36.7 Å². The summed E-state index contributed by atoms with van der Waals surface area (Å²) in [5.41, 5.74) is 2.51. The van der Waals surface area contributed by atoms with Gasteiger partial charge in [-0.05, 0) is 24.5 Å². The number of hydrogen-bond donors (Lipinski definition) is 2. The highest BCUT2D eigenvalue weighted by molar-refractivity contribution is 6.37. The molecule has 0 saturated heterocycles. The van der Waals surface area contributed by atoms with Crippen molar-refractivity contribution in [3.8, 4) is 29.6 Å². The van der Waals surface area contributed by atoms with Crippen molar-refractivity contribution in [1.82, 2.24) is 9.97 Å². The number of para-hydroxylation sites is 1. The number of amides is 1. The molecule has 0 fully saturated rings. The number of aromatic nitrogens is 2. The number of carbonyl (C=O) groups is 1. The smallest absolute Gasteiger partial charge is 0.300 e. The quantitative estimate of drug-likeness (QED) is 0.432. The molecule has 3 aromatic rings. The van der Waals surface area contributed by atoms with Gasteiger partial charge in [-0.25, -0.2) is 9.97 Å². The fraction of sp³-hybridized carbons (Fsp3) is 0.174. The summed E-state index contributed by atoms with van der Waals surface area (Å²) in [4.78, 5) is 20.1. The molecule has 1 amide bonds. The number of hydrogen-bond acceptors (Lipinski definition) is 7. The van der Waals surface area contributed by atoms with E-state index in [0.29, 0.717) is 50.2 Å². The minimum Gasteiger partial charge on any atom is -0.495 e. The summed E-state index contributed by atoms with van der Waals surface area (Å²) < 4.78 is 16.3. The molecule has 0 aliphatic heterocycles. The van der Waals surface area contributed by atoms with Crippen molar-refractivity contribution < 1.29 is 19.0 Å². The molecule has 3 rings (SSSR count). The first kappa shape index (κ1) is 24.0. The summed E-state index contributed by atoms with van der Waals surface area (Å²) in [7, 11) is 2.99. The number of aryl methyl sites for hydroxylation is 1. The Morgan fingerprint density at radius 3 is 2.33 bits per heavy atom. The molecule has 0 bridgehead atoms. The Labute approximate surface area is 201 Å². The monoisotopic (exact) mass is 486 g/mol. The minimum atomic E-state index is -0.556. The molecule has 0 unspecified atom stereocenters. The van der Waals surface area contributed by atoms with E-state index in [1.54, 1.807) is 18.2 Å². The Morgan fingerprint density at radius 1 is 1.12 bits per heavy atom. The highest BCUT2D eigenvalue weighted by Gasteiger charge is 2.18. The van der Waals surface area contributed by atoms with Crippen LogP contribution in [0.25, 0.3) is 0 Å². The van der Waals surface area contributed by atoms with Crippen LogP contribution in [-0.2, 0) is 11.4 Å². The predicted molar refractivity (Wildman–Crippen MR) is 128 cm³/mol. The summed E-state index contributed by atoms with van der Waals surface area (Å²) in [6, 6.07) is 7.00. The van der Waals surface area contributed by atoms with Crippen LogP contribution in [0.2, 0.25) is 10.0 Å². The zero-order chi connectivity index (χ0) is 24.0. The number of nitrogens with one attached hydrogen (secondary N) is 2. The van der Waals surface area contributed by atoms with Crippen molar-refractivity contribution in [2.75, 3.05) is 24.9 Å². The van der Waals surface area contributed by atoms with Crippen molar-refractivity contribution in [3.63, 3.8) is 0 Å². The first-order chi connectivity index (χ1) is 15.9. The molecule has 1 aromatic heterocycles. The summed E-state index contributed by atoms with van der Waals surface area (Å²) in [5.74, 6) is 2.98. The van der Waals surface area contributed by atoms with Crippen LogP contribution < -0.4 is 24.8 Å². The van der Waals surface area contributed by atoms with Crippen LogP contribution in [0.1, 0.15) is 11.1 Å². The first-order valence-corrected chi connectivity index (χ1v) is 10.3. The van der Waals surface area contributed by atoms with Gasteiger partial charge in [-0.1, -0.05) is 35.3 Å². The van der Waals surface area contributed by atoms with Crippen LogP contribution in [0.5, 0.6) is 17.2 Å². The lowest BCUT2D eigenvalue weighted by molar-refractivity contribution is -0.111. The van der Waals surface area contributed by atoms with E-state index in [4.69, 9.17) is 43.8 Å². The number of nitrogens with zero attached hydrogens (tertiary/aromatic N) is 2. The lowest BCUT2D eigenvalue weighted by Gasteiger charge is -2.15. The molecule has 0 aliphatic rings. The van der Waals surface area contributed by atoms with Gasteiger partial charge in [0, 0.05) is 11.6 Å². The third kappa shape index (κ3) is 5.58. The molecule has 0 spiro atoms. The molecule has 170 valence electrons. The normalized spacial score (nSPS) is 10.2. The van der Waals surface area contributed by atoms with E-state index in [9.17, 15) is 4.79 Å². The van der Waals surface area contributed by atoms with Gasteiger partial charge in [0.25, 0.3) is 5.91 Å². The van der Waals surface area contributed by atoms with Crippen LogP contribution in [0, 0.1) is 19.3 Å². The molecular weight excluding hydrogens is 467 g/mol. The van der Waals surface area contributed by atoms with E-state index >= 15 is 0 Å². The second-order valence-corrected chi connectivity index (χ2v) is 7.40. The number of carbonyl (C=O) groups excluding carboxylic acids is 1. The maximum Gasteiger partial charge on any atom is 0.300 e. The average Bonchev–Trinajstić information content (AvgIpc) is 2.82. The molecule has 2 N–H and O–H groups in total. The molecule has 0 atom stereocenters. The summed E-state index contributed by atoms with van der Waals surface area (Å²) in [6.07, 6.45) is 8.13. The Balaban J connectivity index is 1.76. The van der Waals surface area contributed by atoms with E-state index in [-0.39, 0.29) is 6.61 Å². The minimum absolute atomic E-state index is 0.0431. The maximum atomic E-state index is 11.6. The molecule has 0 saturated carbocycles. The SMILES string of the molecule is C#CC(=O)Nc1cccc(C)c1Nc1ncc(OCc2c(Cl)c(OC)cc(OC)c2Cl)cn1. The first-order valence-electron chi connectivity index (χ1n) is 9.55. The largest absolute Gasteiger partial charge is 0.495 e. The van der Waals surface area contributed by atoms with E-state index < -0.39 is 5.91 Å². The van der Waals surface area contributed by atoms with Crippen molar-refractivity contribution in [2.24, 2.45) is 0 Å². The van der Waals surface area contributed by atoms with E-state index in [0.717, 1.165) is 5.56 Å². The molecular formula is C23H20Cl2N4O4. The number of methoxy groups -OCH3 is 2. The zero-order valence-electron chi connectivity index (χ0n) is 18.0. The summed E-state index contributed by atoms with van der Waals surface area (Å²) >= 11 is 12.7. The molecule has 8 nitrogen and oxygen atoms in total. The second kappa shape index (κ2) is 10.8. The highest BCUT2D eigenvalue weighted by Crippen LogP contribution is 2.40. The van der Waals surface area contributed by atoms with E-state index in [1.165, 1.54) is 26.6 Å². The third-order valence-corrected chi connectivity index (χ3v) is 5.39. The molecule has 0 radical (unpaired) electrons. The van der Waals surface area contributed by atoms with Crippen molar-refractivity contribution in [2.45, 2.75) is 13.5 Å². The standard InChI is InChI=1S/C23H20Cl2N4O4/c1-5-19(30)28-16-8-6-7-13(2)22(16)29-23-26-10-14(11-27-23)33-12-15-20(24)17(31-3)9-18(32-4)21(15)25/h1,6-11H,12H2,2-4H3,(H,28,30)(H,26,27,29). The van der Waals surface area contributed by atoms with Gasteiger partial charge in [-0.2, -0.15) is 0 Å². The van der Waals surface area contributed by atoms with Gasteiger partial charge in [0.2, 0.25) is 5.95 Å². The number of anilines is 3. The second-order valence-electron chi connectivity index (χ2n) is 6.64. The van der Waals surface area contributed by atoms with Crippen LogP contribution in [0.3, 0.4) is 0 Å². The summed E-state index contributed by atoms with van der Waals surface area (Å²) in [5, 5.41) is 6.37. The van der Waals surface area contributed by atoms with Gasteiger partial charge < -0.3 is 24.8 Å². The Bertz CT molecular complexity index is 1180. The van der Waals surface area contributed by atoms with Crippen LogP contribution >= 0.6 is 23.2 Å². The van der Waals surface area contributed by atoms with Gasteiger partial charge in [0.1, 0.15) is 18.1 Å². The topological polar surface area (TPSA) is 94.6 Å². The van der Waals surface area contributed by atoms with Crippen LogP contribution in [-0.4, -0.2) is 30.1 Å². The fourth-order valence-electron chi connectivity index (χ4n) is 2.88. The Morgan fingerprint density at radius 2 is 1.76 bits per heavy atom. The van der Waals surface area contributed by atoms with Gasteiger partial charge in [0.15, 0.2) is 5.75 Å². The lowest BCUT2D eigenvalue weighted by Crippen LogP contribution is -2.11. The van der Waals surface area contributed by atoms with Gasteiger partial charge in [-0.3, -0.25) is 4.79 Å². The maximum absolute atomic E-state index is 11.6. The highest BCUT2D eigenvalue weighted by atomic mass is 35.5. The van der Waals surface area contributed by atoms with E-state index in [1.807, 2.05) is 18.9 Å². The molecule has 33 heavy (non-hydrogen) atoms. The lowest BCUT2D eigenvalue weighted by atomic mass is 10.1. The number of terminal acetylenes is 1. The van der Waals surface area contributed by atoms with E-state index in [2.05, 4.69) is 20.6 Å². The summed E-state index contributed by atoms with van der Waals surface area (Å²) in [6.45, 7) is 1.92. The molecule has 10 heteroatoms. The predicted octanol–water partition coefficient (Wildman–Crippen LogP) is 5.00. The van der Waals surface area contributed by atoms with Crippen LogP contribution in [0.4, 0.5) is 17.3 Å².